The van der Waals surface area contributed by atoms with Gasteiger partial charge in [-0.25, -0.2) is 9.78 Å². The molecular formula is C20H34B3O12P. The third-order valence-corrected chi connectivity index (χ3v) is 7.43. The summed E-state index contributed by atoms with van der Waals surface area (Å²) >= 11 is 0. The summed E-state index contributed by atoms with van der Waals surface area (Å²) in [6.45, 7) is -1.45. The highest BCUT2D eigenvalue weighted by Gasteiger charge is 2.52. The minimum Gasteiger partial charge on any atom is -0.393 e. The molecule has 3 heterocycles. The van der Waals surface area contributed by atoms with Gasteiger partial charge in [0.1, 0.15) is 53.1 Å². The fourth-order valence-corrected chi connectivity index (χ4v) is 5.58. The quantitative estimate of drug-likeness (QED) is 0.0697. The van der Waals surface area contributed by atoms with Crippen molar-refractivity contribution in [1.82, 2.24) is 0 Å². The Morgan fingerprint density at radius 3 is 1.78 bits per heavy atom. The van der Waals surface area contributed by atoms with Gasteiger partial charge in [-0.15, -0.1) is 0 Å². The van der Waals surface area contributed by atoms with Gasteiger partial charge in [0.05, 0.1) is 45.2 Å². The molecule has 0 bridgehead atoms. The SMILES string of the molecule is [B][C@H]1C[C@@H](OC)[C@@](CO)(COPO[C@@H]2C[C@H]([B])O[C@]2(CO)COO[C@@H]2C[C@H]([B])O[C@]2(CO)COC)O1. The van der Waals surface area contributed by atoms with Crippen LogP contribution in [0, 0.1) is 0 Å². The average Bonchev–Trinajstić information content (AvgIpc) is 3.47. The summed E-state index contributed by atoms with van der Waals surface area (Å²) in [4.78, 5) is 11.0. The second kappa shape index (κ2) is 13.5. The van der Waals surface area contributed by atoms with Crippen LogP contribution in [0.2, 0.25) is 0 Å². The number of ether oxygens (including phenoxy) is 5. The highest BCUT2D eigenvalue weighted by Crippen LogP contribution is 2.39. The van der Waals surface area contributed by atoms with Crippen molar-refractivity contribution in [1.29, 1.82) is 0 Å². The zero-order valence-corrected chi connectivity index (χ0v) is 21.6. The fourth-order valence-electron chi connectivity index (χ4n) is 4.79. The number of rotatable bonds is 15. The van der Waals surface area contributed by atoms with Gasteiger partial charge in [0.25, 0.3) is 0 Å². The Morgan fingerprint density at radius 1 is 0.750 bits per heavy atom. The van der Waals surface area contributed by atoms with Crippen LogP contribution in [0.3, 0.4) is 0 Å². The van der Waals surface area contributed by atoms with E-state index in [-0.39, 0.29) is 39.3 Å². The van der Waals surface area contributed by atoms with Crippen LogP contribution in [0.25, 0.3) is 0 Å². The van der Waals surface area contributed by atoms with Gasteiger partial charge in [0.2, 0.25) is 0 Å². The van der Waals surface area contributed by atoms with Crippen LogP contribution in [0.15, 0.2) is 0 Å². The predicted molar refractivity (Wildman–Crippen MR) is 128 cm³/mol. The first-order chi connectivity index (χ1) is 17.2. The highest BCUT2D eigenvalue weighted by atomic mass is 31.1. The number of aliphatic hydroxyl groups excluding tert-OH is 3. The third-order valence-electron chi connectivity index (χ3n) is 6.79. The van der Waals surface area contributed by atoms with E-state index in [2.05, 4.69) is 0 Å². The number of hydrogen-bond donors (Lipinski definition) is 3. The molecular weight excluding hydrogens is 496 g/mol. The maximum absolute atomic E-state index is 10.2. The molecule has 0 aromatic heterocycles. The van der Waals surface area contributed by atoms with E-state index in [0.29, 0.717) is 6.42 Å². The molecule has 3 aliphatic rings. The Labute approximate surface area is 217 Å². The fraction of sp³-hybridized carbons (Fsp3) is 1.00. The zero-order chi connectivity index (χ0) is 26.4. The molecule has 0 amide bonds. The van der Waals surface area contributed by atoms with Gasteiger partial charge in [-0.2, -0.15) is 0 Å². The van der Waals surface area contributed by atoms with Crippen molar-refractivity contribution >= 4 is 32.6 Å². The molecule has 200 valence electrons. The Balaban J connectivity index is 1.54. The van der Waals surface area contributed by atoms with Crippen LogP contribution in [0.1, 0.15) is 19.3 Å². The minimum absolute atomic E-state index is 0.0236. The minimum atomic E-state index is -1.34. The van der Waals surface area contributed by atoms with E-state index in [4.69, 9.17) is 66.0 Å². The smallest absolute Gasteiger partial charge is 0.155 e. The van der Waals surface area contributed by atoms with Crippen molar-refractivity contribution in [3.05, 3.63) is 0 Å². The van der Waals surface area contributed by atoms with E-state index >= 15 is 0 Å². The van der Waals surface area contributed by atoms with E-state index in [1.165, 1.54) is 14.2 Å². The normalized spacial score (nSPS) is 43.2. The Bertz CT molecular complexity index is 688. The molecule has 10 atom stereocenters. The molecule has 3 N–H and O–H groups in total. The standard InChI is InChI=1S/C20H34B3O12P/c1-27-9-18(6-24)13(4-16(22)31-18)34-29-10-19(7-25)14(5-17(23)32-19)35-36-30-11-20(8-26)12(28-2)3-15(21)33-20/h12-17,24-26,36H,3-11H2,1-2H3/t12-,13-,14-,15-,16-,17-,18-,19-,20-/m1/s1. The molecule has 0 aromatic carbocycles. The van der Waals surface area contributed by atoms with E-state index in [1.807, 2.05) is 0 Å². The zero-order valence-electron chi connectivity index (χ0n) is 20.6. The van der Waals surface area contributed by atoms with Gasteiger partial charge in [0, 0.05) is 32.2 Å². The maximum Gasteiger partial charge on any atom is 0.155 e. The van der Waals surface area contributed by atoms with Crippen LogP contribution in [0.4, 0.5) is 0 Å². The molecule has 3 saturated heterocycles. The van der Waals surface area contributed by atoms with Crippen LogP contribution < -0.4 is 0 Å². The maximum atomic E-state index is 10.2. The first kappa shape index (κ1) is 30.7. The monoisotopic (exact) mass is 530 g/mol. The van der Waals surface area contributed by atoms with Gasteiger partial charge < -0.3 is 48.1 Å². The average molecular weight is 530 g/mol. The van der Waals surface area contributed by atoms with Crippen LogP contribution >= 0.6 is 9.03 Å². The Morgan fingerprint density at radius 2 is 1.25 bits per heavy atom. The summed E-state index contributed by atoms with van der Waals surface area (Å²) in [5.41, 5.74) is -3.63. The molecule has 6 radical (unpaired) electrons. The van der Waals surface area contributed by atoms with Gasteiger partial charge in [-0.1, -0.05) is 0 Å². The molecule has 36 heavy (non-hydrogen) atoms. The number of hydrogen-bond acceptors (Lipinski definition) is 12. The predicted octanol–water partition coefficient (Wildman–Crippen LogP) is -2.19. The molecule has 0 aliphatic carbocycles. The topological polar surface area (TPSA) is 144 Å². The molecule has 0 spiro atoms. The van der Waals surface area contributed by atoms with E-state index in [1.54, 1.807) is 0 Å². The summed E-state index contributed by atoms with van der Waals surface area (Å²) in [7, 11) is 20.2. The Kier molecular flexibility index (Phi) is 11.5. The van der Waals surface area contributed by atoms with Crippen molar-refractivity contribution in [2.75, 3.05) is 53.9 Å². The summed E-state index contributed by atoms with van der Waals surface area (Å²) in [6, 6.07) is -1.97. The third kappa shape index (κ3) is 6.64. The molecule has 0 saturated carbocycles. The number of methoxy groups -OCH3 is 2. The molecule has 0 aromatic rings. The molecule has 3 fully saturated rings. The van der Waals surface area contributed by atoms with Gasteiger partial charge >= 0.3 is 0 Å². The molecule has 3 rings (SSSR count). The van der Waals surface area contributed by atoms with Crippen molar-refractivity contribution in [3.63, 3.8) is 0 Å². The van der Waals surface area contributed by atoms with Crippen LogP contribution in [0.5, 0.6) is 0 Å². The second-order valence-corrected chi connectivity index (χ2v) is 10.0. The lowest BCUT2D eigenvalue weighted by atomic mass is 9.92. The lowest BCUT2D eigenvalue weighted by molar-refractivity contribution is -0.366. The number of aliphatic hydroxyl groups is 3. The summed E-state index contributed by atoms with van der Waals surface area (Å²) in [5.74, 6) is 0. The second-order valence-electron chi connectivity index (χ2n) is 9.33. The van der Waals surface area contributed by atoms with Crippen molar-refractivity contribution < 1.29 is 57.8 Å². The Hall–Kier alpha value is 0.145. The van der Waals surface area contributed by atoms with Crippen molar-refractivity contribution in [3.8, 4) is 0 Å². The molecule has 3 aliphatic heterocycles. The van der Waals surface area contributed by atoms with Gasteiger partial charge in [0.15, 0.2) is 9.03 Å². The summed E-state index contributed by atoms with van der Waals surface area (Å²) < 4.78 is 39.1. The molecule has 1 unspecified atom stereocenters. The van der Waals surface area contributed by atoms with Gasteiger partial charge in [-0.05, 0) is 19.3 Å². The molecule has 12 nitrogen and oxygen atoms in total. The first-order valence-electron chi connectivity index (χ1n) is 11.7. The first-order valence-corrected chi connectivity index (χ1v) is 12.5. The van der Waals surface area contributed by atoms with Crippen LogP contribution in [-0.4, -0.2) is 146 Å². The summed E-state index contributed by atoms with van der Waals surface area (Å²) in [6.07, 6.45) is -0.933. The van der Waals surface area contributed by atoms with E-state index < -0.39 is 75.4 Å². The highest BCUT2D eigenvalue weighted by molar-refractivity contribution is 7.26. The van der Waals surface area contributed by atoms with Gasteiger partial charge in [-0.3, -0.25) is 0 Å². The van der Waals surface area contributed by atoms with E-state index in [0.717, 1.165) is 0 Å². The van der Waals surface area contributed by atoms with Crippen molar-refractivity contribution in [2.24, 2.45) is 0 Å². The molecule has 16 heteroatoms. The lowest BCUT2D eigenvalue weighted by Gasteiger charge is -2.34. The largest absolute Gasteiger partial charge is 0.393 e. The lowest BCUT2D eigenvalue weighted by Crippen LogP contribution is -2.51. The van der Waals surface area contributed by atoms with E-state index in [9.17, 15) is 15.3 Å². The van der Waals surface area contributed by atoms with Crippen molar-refractivity contribution in [2.45, 2.75) is 72.4 Å². The van der Waals surface area contributed by atoms with Crippen LogP contribution in [-0.2, 0) is 42.5 Å². The summed E-state index contributed by atoms with van der Waals surface area (Å²) in [5, 5.41) is 29.9.